The summed E-state index contributed by atoms with van der Waals surface area (Å²) in [6.07, 6.45) is 2.01. The molecular formula is C21H41N3O3. The van der Waals surface area contributed by atoms with Gasteiger partial charge in [0.2, 0.25) is 0 Å². The van der Waals surface area contributed by atoms with E-state index in [2.05, 4.69) is 65.7 Å². The van der Waals surface area contributed by atoms with Gasteiger partial charge in [-0.3, -0.25) is 0 Å². The zero-order valence-corrected chi connectivity index (χ0v) is 18.7. The first-order chi connectivity index (χ1) is 12.7. The molecule has 0 fully saturated rings. The molecule has 0 aliphatic rings. The molecule has 0 atom stereocenters. The molecule has 0 radical (unpaired) electrons. The maximum atomic E-state index is 6.05. The van der Waals surface area contributed by atoms with Crippen LogP contribution in [0.15, 0.2) is 6.20 Å². The predicted octanol–water partition coefficient (Wildman–Crippen LogP) is 4.11. The second-order valence-corrected chi connectivity index (χ2v) is 9.19. The topological polar surface area (TPSA) is 58.4 Å². The first-order valence-corrected chi connectivity index (χ1v) is 10.3. The van der Waals surface area contributed by atoms with Crippen LogP contribution in [0.2, 0.25) is 0 Å². The second kappa shape index (κ2) is 11.8. The standard InChI is InChI=1S/C21H41N3O3/c1-16(2)10-25-13-21(14-26-11-17(3)4,15-27-12-18(5)6)24-9-20(19(7)8)22-23-24/h9,16-19H,10-15H2,1-8H3. The number of hydrogen-bond acceptors (Lipinski definition) is 5. The largest absolute Gasteiger partial charge is 0.378 e. The van der Waals surface area contributed by atoms with E-state index >= 15 is 0 Å². The molecule has 0 aliphatic carbocycles. The third kappa shape index (κ3) is 8.71. The van der Waals surface area contributed by atoms with Gasteiger partial charge in [-0.05, 0) is 23.7 Å². The molecule has 27 heavy (non-hydrogen) atoms. The Labute approximate surface area is 166 Å². The molecule has 0 N–H and O–H groups in total. The van der Waals surface area contributed by atoms with E-state index in [1.54, 1.807) is 0 Å². The molecule has 1 rings (SSSR count). The smallest absolute Gasteiger partial charge is 0.134 e. The van der Waals surface area contributed by atoms with Gasteiger partial charge in [-0.25, -0.2) is 4.68 Å². The van der Waals surface area contributed by atoms with Gasteiger partial charge in [0.1, 0.15) is 5.54 Å². The van der Waals surface area contributed by atoms with Crippen LogP contribution in [0.3, 0.4) is 0 Å². The molecule has 158 valence electrons. The summed E-state index contributed by atoms with van der Waals surface area (Å²) in [5.74, 6) is 1.73. The van der Waals surface area contributed by atoms with Crippen LogP contribution in [0.1, 0.15) is 67.0 Å². The maximum absolute atomic E-state index is 6.05. The summed E-state index contributed by atoms with van der Waals surface area (Å²) < 4.78 is 20.1. The maximum Gasteiger partial charge on any atom is 0.134 e. The molecule has 1 aromatic heterocycles. The van der Waals surface area contributed by atoms with E-state index in [0.29, 0.717) is 63.3 Å². The van der Waals surface area contributed by atoms with Gasteiger partial charge >= 0.3 is 0 Å². The zero-order valence-electron chi connectivity index (χ0n) is 18.7. The monoisotopic (exact) mass is 383 g/mol. The van der Waals surface area contributed by atoms with E-state index in [0.717, 1.165) is 5.69 Å². The van der Waals surface area contributed by atoms with Crippen LogP contribution in [-0.4, -0.2) is 54.6 Å². The fourth-order valence-corrected chi connectivity index (χ4v) is 2.55. The van der Waals surface area contributed by atoms with Crippen molar-refractivity contribution in [1.29, 1.82) is 0 Å². The van der Waals surface area contributed by atoms with Crippen LogP contribution >= 0.6 is 0 Å². The Balaban J connectivity index is 3.05. The molecule has 0 saturated heterocycles. The highest BCUT2D eigenvalue weighted by Crippen LogP contribution is 2.22. The van der Waals surface area contributed by atoms with Gasteiger partial charge in [-0.2, -0.15) is 0 Å². The number of hydrogen-bond donors (Lipinski definition) is 0. The third-order valence-electron chi connectivity index (χ3n) is 4.05. The molecular weight excluding hydrogens is 342 g/mol. The van der Waals surface area contributed by atoms with Crippen molar-refractivity contribution >= 4 is 0 Å². The molecule has 0 amide bonds. The minimum atomic E-state index is -0.515. The van der Waals surface area contributed by atoms with Crippen molar-refractivity contribution < 1.29 is 14.2 Å². The lowest BCUT2D eigenvalue weighted by molar-refractivity contribution is -0.0769. The molecule has 1 aromatic rings. The Morgan fingerprint density at radius 1 is 0.778 bits per heavy atom. The summed E-state index contributed by atoms with van der Waals surface area (Å²) in [6.45, 7) is 20.7. The molecule has 0 unspecified atom stereocenters. The van der Waals surface area contributed by atoms with E-state index in [9.17, 15) is 0 Å². The minimum absolute atomic E-state index is 0.321. The van der Waals surface area contributed by atoms with Crippen LogP contribution in [-0.2, 0) is 19.7 Å². The lowest BCUT2D eigenvalue weighted by Crippen LogP contribution is -2.48. The molecule has 6 heteroatoms. The Kier molecular flexibility index (Phi) is 10.5. The van der Waals surface area contributed by atoms with Crippen molar-refractivity contribution in [3.8, 4) is 0 Å². The Bertz CT molecular complexity index is 476. The summed E-state index contributed by atoms with van der Waals surface area (Å²) in [5, 5.41) is 8.79. The van der Waals surface area contributed by atoms with Crippen LogP contribution in [0.25, 0.3) is 0 Å². The van der Waals surface area contributed by atoms with Crippen molar-refractivity contribution in [2.24, 2.45) is 17.8 Å². The van der Waals surface area contributed by atoms with Crippen molar-refractivity contribution in [2.45, 2.75) is 66.8 Å². The molecule has 1 heterocycles. The van der Waals surface area contributed by atoms with Crippen LogP contribution in [0.5, 0.6) is 0 Å². The molecule has 0 bridgehead atoms. The van der Waals surface area contributed by atoms with Gasteiger partial charge in [0.25, 0.3) is 0 Å². The van der Waals surface area contributed by atoms with Gasteiger partial charge in [0.05, 0.1) is 25.5 Å². The Hall–Kier alpha value is -0.980. The molecule has 0 saturated carbocycles. The summed E-state index contributed by atoms with van der Waals surface area (Å²) in [7, 11) is 0. The van der Waals surface area contributed by atoms with Crippen molar-refractivity contribution in [2.75, 3.05) is 39.6 Å². The average Bonchev–Trinajstić information content (AvgIpc) is 3.04. The van der Waals surface area contributed by atoms with Crippen molar-refractivity contribution in [3.63, 3.8) is 0 Å². The highest BCUT2D eigenvalue weighted by molar-refractivity contribution is 5.02. The first kappa shape index (κ1) is 24.1. The molecule has 0 aliphatic heterocycles. The number of rotatable bonds is 14. The summed E-state index contributed by atoms with van der Waals surface area (Å²) in [5.41, 5.74) is 0.453. The highest BCUT2D eigenvalue weighted by atomic mass is 16.5. The average molecular weight is 384 g/mol. The highest BCUT2D eigenvalue weighted by Gasteiger charge is 2.36. The van der Waals surface area contributed by atoms with E-state index in [1.165, 1.54) is 0 Å². The summed E-state index contributed by atoms with van der Waals surface area (Å²) in [4.78, 5) is 0. The van der Waals surface area contributed by atoms with Gasteiger partial charge in [0, 0.05) is 26.0 Å². The first-order valence-electron chi connectivity index (χ1n) is 10.3. The van der Waals surface area contributed by atoms with Gasteiger partial charge < -0.3 is 14.2 Å². The minimum Gasteiger partial charge on any atom is -0.378 e. The predicted molar refractivity (Wildman–Crippen MR) is 109 cm³/mol. The van der Waals surface area contributed by atoms with Gasteiger partial charge in [-0.1, -0.05) is 60.6 Å². The lowest BCUT2D eigenvalue weighted by atomic mass is 10.0. The summed E-state index contributed by atoms with van der Waals surface area (Å²) >= 11 is 0. The van der Waals surface area contributed by atoms with Gasteiger partial charge in [0.15, 0.2) is 0 Å². The fraction of sp³-hybridized carbons (Fsp3) is 0.905. The van der Waals surface area contributed by atoms with Crippen LogP contribution < -0.4 is 0 Å². The lowest BCUT2D eigenvalue weighted by Gasteiger charge is -2.34. The van der Waals surface area contributed by atoms with E-state index in [1.807, 2.05) is 10.9 Å². The van der Waals surface area contributed by atoms with Crippen molar-refractivity contribution in [3.05, 3.63) is 11.9 Å². The van der Waals surface area contributed by atoms with E-state index < -0.39 is 5.54 Å². The number of ether oxygens (including phenoxy) is 3. The molecule has 6 nitrogen and oxygen atoms in total. The van der Waals surface area contributed by atoms with Crippen molar-refractivity contribution in [1.82, 2.24) is 15.0 Å². The van der Waals surface area contributed by atoms with E-state index in [4.69, 9.17) is 14.2 Å². The Morgan fingerprint density at radius 3 is 1.48 bits per heavy atom. The zero-order chi connectivity index (χ0) is 20.4. The number of nitrogens with zero attached hydrogens (tertiary/aromatic N) is 3. The fourth-order valence-electron chi connectivity index (χ4n) is 2.55. The van der Waals surface area contributed by atoms with Crippen LogP contribution in [0.4, 0.5) is 0 Å². The normalized spacial score (nSPS) is 12.9. The van der Waals surface area contributed by atoms with E-state index in [-0.39, 0.29) is 0 Å². The SMILES string of the molecule is CC(C)COCC(COCC(C)C)(COCC(C)C)n1cc(C(C)C)nn1. The summed E-state index contributed by atoms with van der Waals surface area (Å²) in [6, 6.07) is 0. The second-order valence-electron chi connectivity index (χ2n) is 9.19. The van der Waals surface area contributed by atoms with Gasteiger partial charge in [-0.15, -0.1) is 5.10 Å². The third-order valence-corrected chi connectivity index (χ3v) is 4.05. The van der Waals surface area contributed by atoms with Crippen LogP contribution in [0, 0.1) is 17.8 Å². The quantitative estimate of drug-likeness (QED) is 0.484. The Morgan fingerprint density at radius 2 is 1.19 bits per heavy atom. The molecule has 0 spiro atoms. The molecule has 0 aromatic carbocycles. The number of aromatic nitrogens is 3.